The highest BCUT2D eigenvalue weighted by Crippen LogP contribution is 2.28. The number of aromatic amines is 1. The number of benzene rings is 2. The molecule has 4 N–H and O–H groups in total. The van der Waals surface area contributed by atoms with Gasteiger partial charge in [0.2, 0.25) is 5.95 Å². The number of H-pyrrole nitrogens is 1. The minimum Gasteiger partial charge on any atom is -0.368 e. The van der Waals surface area contributed by atoms with E-state index in [1.807, 2.05) is 43.3 Å². The number of hydrogen-bond donors (Lipinski definition) is 3. The zero-order valence-electron chi connectivity index (χ0n) is 15.2. The lowest BCUT2D eigenvalue weighted by molar-refractivity contribution is 0.770. The largest absolute Gasteiger partial charge is 0.368 e. The normalized spacial score (nSPS) is 12.5. The summed E-state index contributed by atoms with van der Waals surface area (Å²) in [4.78, 5) is 20.6. The minimum absolute atomic E-state index is 0.145. The number of nitrogens with one attached hydrogen (secondary N) is 2. The third kappa shape index (κ3) is 2.62. The van der Waals surface area contributed by atoms with Crippen molar-refractivity contribution in [3.05, 3.63) is 66.7 Å². The summed E-state index contributed by atoms with van der Waals surface area (Å²) in [6.45, 7) is 2.04. The molecule has 5 aromatic rings. The van der Waals surface area contributed by atoms with Crippen LogP contribution in [0.15, 0.2) is 60.9 Å². The van der Waals surface area contributed by atoms with Crippen molar-refractivity contribution in [2.75, 3.05) is 11.1 Å². The Morgan fingerprint density at radius 3 is 2.64 bits per heavy atom. The lowest BCUT2D eigenvalue weighted by Crippen LogP contribution is -2.15. The SMILES string of the molecule is CC(Nc1nc(N)nc2nc[nH]c12)c1nc2ccccc2n1-c1ccccc1. The van der Waals surface area contributed by atoms with Crippen molar-refractivity contribution in [1.82, 2.24) is 29.5 Å². The van der Waals surface area contributed by atoms with Crippen LogP contribution >= 0.6 is 0 Å². The van der Waals surface area contributed by atoms with Gasteiger partial charge in [0.1, 0.15) is 11.3 Å². The van der Waals surface area contributed by atoms with E-state index in [0.29, 0.717) is 17.0 Å². The molecule has 0 spiro atoms. The van der Waals surface area contributed by atoms with Gasteiger partial charge in [-0.2, -0.15) is 9.97 Å². The molecule has 0 aliphatic carbocycles. The first-order valence-corrected chi connectivity index (χ1v) is 8.96. The van der Waals surface area contributed by atoms with Crippen LogP contribution in [0, 0.1) is 0 Å². The van der Waals surface area contributed by atoms with E-state index in [2.05, 4.69) is 48.0 Å². The molecule has 2 aromatic carbocycles. The monoisotopic (exact) mass is 370 g/mol. The molecule has 3 heterocycles. The highest BCUT2D eigenvalue weighted by Gasteiger charge is 2.19. The molecular weight excluding hydrogens is 352 g/mol. The molecule has 28 heavy (non-hydrogen) atoms. The van der Waals surface area contributed by atoms with Gasteiger partial charge in [0.05, 0.1) is 23.4 Å². The van der Waals surface area contributed by atoms with Gasteiger partial charge < -0.3 is 16.0 Å². The zero-order valence-corrected chi connectivity index (χ0v) is 15.2. The van der Waals surface area contributed by atoms with E-state index in [4.69, 9.17) is 10.7 Å². The van der Waals surface area contributed by atoms with Gasteiger partial charge in [-0.15, -0.1) is 0 Å². The Kier molecular flexibility index (Phi) is 3.68. The molecule has 0 saturated heterocycles. The van der Waals surface area contributed by atoms with Crippen molar-refractivity contribution >= 4 is 34.0 Å². The second kappa shape index (κ2) is 6.34. The van der Waals surface area contributed by atoms with Crippen LogP contribution in [-0.4, -0.2) is 29.5 Å². The molecule has 0 aliphatic heterocycles. The topological polar surface area (TPSA) is 110 Å². The van der Waals surface area contributed by atoms with Gasteiger partial charge in [0.15, 0.2) is 11.5 Å². The molecule has 0 radical (unpaired) electrons. The predicted octanol–water partition coefficient (Wildman–Crippen LogP) is 3.45. The number of rotatable bonds is 4. The number of nitrogens with two attached hydrogens (primary N) is 1. The molecule has 1 unspecified atom stereocenters. The highest BCUT2D eigenvalue weighted by atomic mass is 15.2. The molecule has 3 aromatic heterocycles. The van der Waals surface area contributed by atoms with Crippen LogP contribution in [0.5, 0.6) is 0 Å². The minimum atomic E-state index is -0.145. The number of imidazole rings is 2. The van der Waals surface area contributed by atoms with Gasteiger partial charge in [0.25, 0.3) is 0 Å². The number of hydrogen-bond acceptors (Lipinski definition) is 6. The lowest BCUT2D eigenvalue weighted by Gasteiger charge is -2.17. The molecule has 0 saturated carbocycles. The molecule has 138 valence electrons. The second-order valence-corrected chi connectivity index (χ2v) is 6.53. The van der Waals surface area contributed by atoms with Gasteiger partial charge >= 0.3 is 0 Å². The number of nitrogens with zero attached hydrogens (tertiary/aromatic N) is 5. The summed E-state index contributed by atoms with van der Waals surface area (Å²) in [6.07, 6.45) is 1.58. The molecule has 0 aliphatic rings. The number of nitrogen functional groups attached to an aromatic ring is 1. The quantitative estimate of drug-likeness (QED) is 0.447. The summed E-state index contributed by atoms with van der Waals surface area (Å²) in [5.74, 6) is 1.64. The maximum Gasteiger partial charge on any atom is 0.224 e. The summed E-state index contributed by atoms with van der Waals surface area (Å²) in [5.41, 5.74) is 10.1. The third-order valence-corrected chi connectivity index (χ3v) is 4.64. The van der Waals surface area contributed by atoms with Crippen LogP contribution in [0.2, 0.25) is 0 Å². The fraction of sp³-hybridized carbons (Fsp3) is 0.100. The van der Waals surface area contributed by atoms with Crippen LogP contribution in [-0.2, 0) is 0 Å². The number of fused-ring (bicyclic) bond motifs is 2. The molecule has 8 heteroatoms. The van der Waals surface area contributed by atoms with Crippen molar-refractivity contribution in [3.63, 3.8) is 0 Å². The molecule has 0 fully saturated rings. The lowest BCUT2D eigenvalue weighted by atomic mass is 10.2. The molecule has 8 nitrogen and oxygen atoms in total. The fourth-order valence-corrected chi connectivity index (χ4v) is 3.41. The van der Waals surface area contributed by atoms with Crippen molar-refractivity contribution in [2.45, 2.75) is 13.0 Å². The number of para-hydroxylation sites is 3. The molecule has 5 rings (SSSR count). The smallest absolute Gasteiger partial charge is 0.224 e. The van der Waals surface area contributed by atoms with Gasteiger partial charge in [-0.25, -0.2) is 9.97 Å². The van der Waals surface area contributed by atoms with E-state index in [1.165, 1.54) is 0 Å². The van der Waals surface area contributed by atoms with E-state index in [-0.39, 0.29) is 12.0 Å². The summed E-state index contributed by atoms with van der Waals surface area (Å²) in [5, 5.41) is 3.41. The first-order valence-electron chi connectivity index (χ1n) is 8.96. The van der Waals surface area contributed by atoms with E-state index in [1.54, 1.807) is 6.33 Å². The van der Waals surface area contributed by atoms with Gasteiger partial charge in [0, 0.05) is 5.69 Å². The first-order chi connectivity index (χ1) is 13.7. The van der Waals surface area contributed by atoms with Crippen molar-refractivity contribution in [3.8, 4) is 5.69 Å². The van der Waals surface area contributed by atoms with Crippen LogP contribution in [0.3, 0.4) is 0 Å². The maximum atomic E-state index is 5.84. The van der Waals surface area contributed by atoms with Crippen LogP contribution < -0.4 is 11.1 Å². The Morgan fingerprint density at radius 1 is 1.00 bits per heavy atom. The Morgan fingerprint density at radius 2 is 1.79 bits per heavy atom. The molecular formula is C20H18N8. The van der Waals surface area contributed by atoms with E-state index in [0.717, 1.165) is 22.5 Å². The summed E-state index contributed by atoms with van der Waals surface area (Å²) >= 11 is 0. The van der Waals surface area contributed by atoms with Crippen LogP contribution in [0.25, 0.3) is 27.9 Å². The van der Waals surface area contributed by atoms with Crippen LogP contribution in [0.1, 0.15) is 18.8 Å². The summed E-state index contributed by atoms with van der Waals surface area (Å²) < 4.78 is 2.15. The standard InChI is InChI=1S/C20H18N8/c1-12(24-18-16-17(23-11-22-16)26-20(21)27-18)19-25-14-9-5-6-10-15(14)28(19)13-7-3-2-4-8-13/h2-12H,1H3,(H4,21,22,23,24,26,27). The average Bonchev–Trinajstić information content (AvgIpc) is 3.33. The van der Waals surface area contributed by atoms with E-state index < -0.39 is 0 Å². The van der Waals surface area contributed by atoms with Crippen molar-refractivity contribution < 1.29 is 0 Å². The fourth-order valence-electron chi connectivity index (χ4n) is 3.41. The Balaban J connectivity index is 1.63. The maximum absolute atomic E-state index is 5.84. The highest BCUT2D eigenvalue weighted by molar-refractivity contribution is 5.84. The first kappa shape index (κ1) is 16.2. The van der Waals surface area contributed by atoms with Crippen molar-refractivity contribution in [1.29, 1.82) is 0 Å². The predicted molar refractivity (Wildman–Crippen MR) is 109 cm³/mol. The van der Waals surface area contributed by atoms with Gasteiger partial charge in [-0.3, -0.25) is 4.57 Å². The van der Waals surface area contributed by atoms with Crippen molar-refractivity contribution in [2.24, 2.45) is 0 Å². The molecule has 0 amide bonds. The zero-order chi connectivity index (χ0) is 19.1. The molecule has 1 atom stereocenters. The second-order valence-electron chi connectivity index (χ2n) is 6.53. The Hall–Kier alpha value is -3.94. The average molecular weight is 370 g/mol. The third-order valence-electron chi connectivity index (χ3n) is 4.64. The Bertz CT molecular complexity index is 1270. The van der Waals surface area contributed by atoms with Gasteiger partial charge in [-0.1, -0.05) is 30.3 Å². The number of anilines is 2. The Labute approximate surface area is 160 Å². The van der Waals surface area contributed by atoms with Crippen LogP contribution in [0.4, 0.5) is 11.8 Å². The number of aromatic nitrogens is 6. The van der Waals surface area contributed by atoms with E-state index >= 15 is 0 Å². The summed E-state index contributed by atoms with van der Waals surface area (Å²) in [6, 6.07) is 18.1. The van der Waals surface area contributed by atoms with Gasteiger partial charge in [-0.05, 0) is 31.2 Å². The molecule has 0 bridgehead atoms. The van der Waals surface area contributed by atoms with E-state index in [9.17, 15) is 0 Å². The summed E-state index contributed by atoms with van der Waals surface area (Å²) in [7, 11) is 0.